The van der Waals surface area contributed by atoms with E-state index in [1.165, 1.54) is 69.7 Å². The fourth-order valence-corrected chi connectivity index (χ4v) is 5.54. The van der Waals surface area contributed by atoms with Crippen LogP contribution in [0.15, 0.2) is 122 Å². The number of nitrogens with two attached hydrogens (primary N) is 1. The first-order chi connectivity index (χ1) is 28.3. The van der Waals surface area contributed by atoms with Gasteiger partial charge in [0.1, 0.15) is 40.4 Å². The molecule has 0 aliphatic rings. The SMILES string of the molecule is CNC(=O)n1ccc2cc(Oc3ccnc(N(C)C(=O)Oc4ccc([N+](=O)[O-])cc4)c3)ccc21.CNC(=O)n1ccc2cc(Oc3ccnc(N(C)C(N)=O)c3)ccc21. The summed E-state index contributed by atoms with van der Waals surface area (Å²) >= 11 is 0. The third-order valence-electron chi connectivity index (χ3n) is 8.64. The lowest BCUT2D eigenvalue weighted by Crippen LogP contribution is -2.32. The second-order valence-electron chi connectivity index (χ2n) is 12.4. The van der Waals surface area contributed by atoms with Crippen LogP contribution in [-0.4, -0.2) is 76.4 Å². The highest BCUT2D eigenvalue weighted by Crippen LogP contribution is 2.30. The average molecular weight is 801 g/mol. The number of hydrogen-bond acceptors (Lipinski definition) is 11. The van der Waals surface area contributed by atoms with E-state index in [0.29, 0.717) is 28.8 Å². The lowest BCUT2D eigenvalue weighted by molar-refractivity contribution is -0.384. The number of urea groups is 1. The molecule has 0 spiro atoms. The van der Waals surface area contributed by atoms with Crippen LogP contribution in [0, 0.1) is 10.1 Å². The Morgan fingerprint density at radius 2 is 1.08 bits per heavy atom. The first-order valence-corrected chi connectivity index (χ1v) is 17.5. The van der Waals surface area contributed by atoms with E-state index in [4.69, 9.17) is 19.9 Å². The van der Waals surface area contributed by atoms with Gasteiger partial charge in [0.25, 0.3) is 5.69 Å². The molecule has 0 aliphatic carbocycles. The van der Waals surface area contributed by atoms with Gasteiger partial charge in [-0.25, -0.2) is 29.1 Å². The van der Waals surface area contributed by atoms with Gasteiger partial charge in [0.2, 0.25) is 0 Å². The van der Waals surface area contributed by atoms with Crippen molar-refractivity contribution in [3.8, 4) is 28.7 Å². The molecule has 19 heteroatoms. The maximum Gasteiger partial charge on any atom is 0.420 e. The minimum atomic E-state index is -0.726. The predicted molar refractivity (Wildman–Crippen MR) is 218 cm³/mol. The van der Waals surface area contributed by atoms with Gasteiger partial charge in [0.05, 0.1) is 16.0 Å². The smallest absolute Gasteiger partial charge is 0.420 e. The molecule has 0 saturated carbocycles. The Morgan fingerprint density at radius 1 is 0.644 bits per heavy atom. The number of primary amides is 1. The number of nitrogens with zero attached hydrogens (tertiary/aromatic N) is 7. The summed E-state index contributed by atoms with van der Waals surface area (Å²) in [4.78, 5) is 68.3. The third kappa shape index (κ3) is 9.32. The molecule has 0 unspecified atom stereocenters. The van der Waals surface area contributed by atoms with E-state index < -0.39 is 17.0 Å². The van der Waals surface area contributed by atoms with Crippen LogP contribution < -0.4 is 40.4 Å². The van der Waals surface area contributed by atoms with E-state index in [2.05, 4.69) is 20.6 Å². The number of aromatic nitrogens is 4. The van der Waals surface area contributed by atoms with Crippen molar-refractivity contribution in [2.24, 2.45) is 5.73 Å². The summed E-state index contributed by atoms with van der Waals surface area (Å²) in [5.41, 5.74) is 6.64. The van der Waals surface area contributed by atoms with E-state index in [9.17, 15) is 29.3 Å². The highest BCUT2D eigenvalue weighted by Gasteiger charge is 2.17. The standard InChI is InChI=1S/C23H19N5O6.C17H17N5O3/c1-24-22(29)27-12-10-15-13-18(7-8-20(15)27)33-19-9-11-25-21(14-19)26(2)23(30)34-17-5-3-16(4-6-17)28(31)32;1-19-17(24)22-8-6-11-9-12(3-4-14(11)22)25-13-5-7-20-15(10-13)21(2)16(18)23/h3-14H,1-2H3,(H,24,29);3-10H,1-2H3,(H2,18,23)(H,19,24). The zero-order valence-electron chi connectivity index (χ0n) is 31.9. The summed E-state index contributed by atoms with van der Waals surface area (Å²) in [5, 5.41) is 17.6. The van der Waals surface area contributed by atoms with Crippen LogP contribution in [0.2, 0.25) is 0 Å². The maximum atomic E-state index is 12.5. The molecular formula is C40H36N10O9. The van der Waals surface area contributed by atoms with Gasteiger partial charge in [-0.3, -0.25) is 29.0 Å². The van der Waals surface area contributed by atoms with Gasteiger partial charge in [0.15, 0.2) is 0 Å². The highest BCUT2D eigenvalue weighted by atomic mass is 16.6. The van der Waals surface area contributed by atoms with Crippen molar-refractivity contribution >= 4 is 63.3 Å². The number of anilines is 2. The summed E-state index contributed by atoms with van der Waals surface area (Å²) in [6, 6.07) is 24.9. The predicted octanol–water partition coefficient (Wildman–Crippen LogP) is 7.09. The van der Waals surface area contributed by atoms with Gasteiger partial charge in [-0.05, 0) is 72.8 Å². The summed E-state index contributed by atoms with van der Waals surface area (Å²) < 4.78 is 20.0. The number of pyridine rings is 2. The van der Waals surface area contributed by atoms with Gasteiger partial charge in [0, 0.05) is 88.0 Å². The zero-order valence-corrected chi connectivity index (χ0v) is 31.9. The number of nitro benzene ring substituents is 1. The Kier molecular flexibility index (Phi) is 11.9. The molecule has 7 rings (SSSR count). The summed E-state index contributed by atoms with van der Waals surface area (Å²) in [6.45, 7) is 0. The molecular weight excluding hydrogens is 765 g/mol. The summed E-state index contributed by atoms with van der Waals surface area (Å²) in [6.07, 6.45) is 5.66. The first-order valence-electron chi connectivity index (χ1n) is 17.5. The number of nitrogens with one attached hydrogen (secondary N) is 2. The van der Waals surface area contributed by atoms with E-state index in [-0.39, 0.29) is 29.3 Å². The molecule has 7 aromatic rings. The highest BCUT2D eigenvalue weighted by molar-refractivity contribution is 5.93. The quantitative estimate of drug-likeness (QED) is 0.104. The number of fused-ring (bicyclic) bond motifs is 2. The number of carbonyl (C=O) groups is 4. The van der Waals surface area contributed by atoms with E-state index in [1.807, 2.05) is 12.1 Å². The monoisotopic (exact) mass is 800 g/mol. The number of rotatable bonds is 8. The second-order valence-corrected chi connectivity index (χ2v) is 12.4. The van der Waals surface area contributed by atoms with Gasteiger partial charge in [-0.1, -0.05) is 0 Å². The lowest BCUT2D eigenvalue weighted by Gasteiger charge is -2.16. The summed E-state index contributed by atoms with van der Waals surface area (Å²) in [5.74, 6) is 2.91. The lowest BCUT2D eigenvalue weighted by atomic mass is 10.2. The van der Waals surface area contributed by atoms with Crippen molar-refractivity contribution in [1.82, 2.24) is 29.7 Å². The maximum absolute atomic E-state index is 12.5. The molecule has 4 aromatic heterocycles. The fraction of sp³-hybridized carbons (Fsp3) is 0.100. The normalized spacial score (nSPS) is 10.5. The Labute approximate surface area is 335 Å². The second kappa shape index (κ2) is 17.5. The molecule has 19 nitrogen and oxygen atoms in total. The van der Waals surface area contributed by atoms with Crippen LogP contribution in [0.5, 0.6) is 28.7 Å². The van der Waals surface area contributed by atoms with Gasteiger partial charge in [-0.15, -0.1) is 0 Å². The minimum Gasteiger partial charge on any atom is -0.457 e. The Balaban J connectivity index is 0.000000208. The Morgan fingerprint density at radius 3 is 1.53 bits per heavy atom. The fourth-order valence-electron chi connectivity index (χ4n) is 5.54. The van der Waals surface area contributed by atoms with E-state index in [1.54, 1.807) is 87.2 Å². The first kappa shape index (κ1) is 40.2. The number of amides is 5. The van der Waals surface area contributed by atoms with Crippen molar-refractivity contribution < 1.29 is 38.3 Å². The van der Waals surface area contributed by atoms with Gasteiger partial charge < -0.3 is 30.6 Å². The number of hydrogen-bond donors (Lipinski definition) is 3. The number of benzene rings is 3. The molecule has 4 heterocycles. The molecule has 0 fully saturated rings. The number of non-ortho nitro benzene ring substituents is 1. The molecule has 59 heavy (non-hydrogen) atoms. The molecule has 0 aliphatic heterocycles. The minimum absolute atomic E-state index is 0.108. The molecule has 3 aromatic carbocycles. The Bertz CT molecular complexity index is 2700. The van der Waals surface area contributed by atoms with Gasteiger partial charge in [-0.2, -0.15) is 0 Å². The van der Waals surface area contributed by atoms with Crippen LogP contribution in [0.1, 0.15) is 0 Å². The van der Waals surface area contributed by atoms with Crippen molar-refractivity contribution in [3.63, 3.8) is 0 Å². The molecule has 0 atom stereocenters. The molecule has 4 N–H and O–H groups in total. The van der Waals surface area contributed by atoms with Crippen LogP contribution in [0.25, 0.3) is 21.8 Å². The molecule has 0 radical (unpaired) electrons. The van der Waals surface area contributed by atoms with Gasteiger partial charge >= 0.3 is 24.2 Å². The van der Waals surface area contributed by atoms with Crippen molar-refractivity contribution in [2.45, 2.75) is 0 Å². The van der Waals surface area contributed by atoms with Crippen LogP contribution in [0.3, 0.4) is 0 Å². The number of carbonyl (C=O) groups excluding carboxylic acids is 4. The van der Waals surface area contributed by atoms with Crippen LogP contribution in [0.4, 0.5) is 36.5 Å². The third-order valence-corrected chi connectivity index (χ3v) is 8.64. The zero-order chi connectivity index (χ0) is 42.2. The number of nitro groups is 1. The van der Waals surface area contributed by atoms with Crippen LogP contribution >= 0.6 is 0 Å². The molecule has 300 valence electrons. The molecule has 0 saturated heterocycles. The molecule has 0 bridgehead atoms. The largest absolute Gasteiger partial charge is 0.457 e. The van der Waals surface area contributed by atoms with Crippen molar-refractivity contribution in [1.29, 1.82) is 0 Å². The number of ether oxygens (including phenoxy) is 3. The van der Waals surface area contributed by atoms with Crippen LogP contribution in [-0.2, 0) is 0 Å². The van der Waals surface area contributed by atoms with Crippen molar-refractivity contribution in [3.05, 3.63) is 132 Å². The molecule has 5 amide bonds. The van der Waals surface area contributed by atoms with Crippen molar-refractivity contribution in [2.75, 3.05) is 38.0 Å². The Hall–Kier alpha value is -8.48. The topological polar surface area (TPSA) is 231 Å². The average Bonchev–Trinajstić information content (AvgIpc) is 3.87. The van der Waals surface area contributed by atoms with E-state index >= 15 is 0 Å². The van der Waals surface area contributed by atoms with E-state index in [0.717, 1.165) is 21.8 Å². The summed E-state index contributed by atoms with van der Waals surface area (Å²) in [7, 11) is 6.15.